The maximum Gasteiger partial charge on any atom is 0.137 e. The summed E-state index contributed by atoms with van der Waals surface area (Å²) in [4.78, 5) is 6.47. The van der Waals surface area contributed by atoms with Gasteiger partial charge in [0.1, 0.15) is 12.7 Å². The van der Waals surface area contributed by atoms with E-state index in [1.54, 1.807) is 12.7 Å². The standard InChI is InChI=1S/C13H20N6/c1-11-7-13(17-16-11)12-3-2-4-18(8-12)5-6-19-10-14-9-15-19/h7,9-10,12H,2-6,8H2,1H3,(H,16,17)/t12-/m0/s1. The molecule has 2 aromatic rings. The zero-order valence-electron chi connectivity index (χ0n) is 11.3. The van der Waals surface area contributed by atoms with Crippen molar-refractivity contribution in [1.82, 2.24) is 29.9 Å². The molecule has 0 amide bonds. The molecule has 1 saturated heterocycles. The summed E-state index contributed by atoms with van der Waals surface area (Å²) in [5, 5.41) is 11.6. The summed E-state index contributed by atoms with van der Waals surface area (Å²) in [6, 6.07) is 2.17. The van der Waals surface area contributed by atoms with Crippen LogP contribution in [0.25, 0.3) is 0 Å². The molecule has 0 aliphatic carbocycles. The molecule has 0 saturated carbocycles. The second-order valence-electron chi connectivity index (χ2n) is 5.27. The van der Waals surface area contributed by atoms with Crippen LogP contribution in [0, 0.1) is 6.92 Å². The number of hydrogen-bond acceptors (Lipinski definition) is 4. The summed E-state index contributed by atoms with van der Waals surface area (Å²) < 4.78 is 1.89. The molecule has 6 nitrogen and oxygen atoms in total. The molecule has 0 aromatic carbocycles. The zero-order valence-corrected chi connectivity index (χ0v) is 11.3. The average molecular weight is 260 g/mol. The number of rotatable bonds is 4. The second kappa shape index (κ2) is 5.52. The molecular formula is C13H20N6. The van der Waals surface area contributed by atoms with E-state index in [9.17, 15) is 0 Å². The minimum Gasteiger partial charge on any atom is -0.301 e. The molecule has 1 fully saturated rings. The number of aromatic nitrogens is 5. The van der Waals surface area contributed by atoms with Crippen molar-refractivity contribution in [1.29, 1.82) is 0 Å². The highest BCUT2D eigenvalue weighted by atomic mass is 15.3. The Morgan fingerprint density at radius 2 is 2.37 bits per heavy atom. The molecule has 0 radical (unpaired) electrons. The van der Waals surface area contributed by atoms with Crippen LogP contribution in [0.3, 0.4) is 0 Å². The van der Waals surface area contributed by atoms with Gasteiger partial charge in [-0.3, -0.25) is 9.78 Å². The van der Waals surface area contributed by atoms with Gasteiger partial charge in [0.2, 0.25) is 0 Å². The number of aromatic amines is 1. The predicted molar refractivity (Wildman–Crippen MR) is 71.8 cm³/mol. The van der Waals surface area contributed by atoms with Gasteiger partial charge in [0.25, 0.3) is 0 Å². The minimum absolute atomic E-state index is 0.564. The Morgan fingerprint density at radius 3 is 3.11 bits per heavy atom. The third-order valence-corrected chi connectivity index (χ3v) is 3.76. The fourth-order valence-corrected chi connectivity index (χ4v) is 2.74. The molecule has 0 unspecified atom stereocenters. The van der Waals surface area contributed by atoms with Crippen molar-refractivity contribution in [3.05, 3.63) is 30.1 Å². The number of nitrogens with one attached hydrogen (secondary N) is 1. The van der Waals surface area contributed by atoms with Gasteiger partial charge in [-0.25, -0.2) is 4.98 Å². The first kappa shape index (κ1) is 12.3. The summed E-state index contributed by atoms with van der Waals surface area (Å²) in [6.45, 7) is 6.27. The van der Waals surface area contributed by atoms with Crippen LogP contribution < -0.4 is 0 Å². The van der Waals surface area contributed by atoms with Crippen LogP contribution in [0.1, 0.15) is 30.1 Å². The largest absolute Gasteiger partial charge is 0.301 e. The highest BCUT2D eigenvalue weighted by molar-refractivity contribution is 5.13. The third-order valence-electron chi connectivity index (χ3n) is 3.76. The molecule has 19 heavy (non-hydrogen) atoms. The highest BCUT2D eigenvalue weighted by Gasteiger charge is 2.22. The van der Waals surface area contributed by atoms with Gasteiger partial charge >= 0.3 is 0 Å². The minimum atomic E-state index is 0.564. The van der Waals surface area contributed by atoms with E-state index in [4.69, 9.17) is 0 Å². The maximum absolute atomic E-state index is 4.40. The molecule has 1 atom stereocenters. The number of nitrogens with zero attached hydrogens (tertiary/aromatic N) is 5. The van der Waals surface area contributed by atoms with Gasteiger partial charge in [0, 0.05) is 24.7 Å². The fourth-order valence-electron chi connectivity index (χ4n) is 2.74. The quantitative estimate of drug-likeness (QED) is 0.897. The fraction of sp³-hybridized carbons (Fsp3) is 0.615. The SMILES string of the molecule is Cc1cc([C@H]2CCCN(CCn3cncn3)C2)n[nH]1. The Labute approximate surface area is 112 Å². The molecular weight excluding hydrogens is 240 g/mol. The van der Waals surface area contributed by atoms with E-state index in [1.165, 1.54) is 25.1 Å². The van der Waals surface area contributed by atoms with E-state index in [2.05, 4.69) is 38.2 Å². The van der Waals surface area contributed by atoms with Crippen molar-refractivity contribution in [2.24, 2.45) is 0 Å². The van der Waals surface area contributed by atoms with Crippen molar-refractivity contribution in [3.63, 3.8) is 0 Å². The van der Waals surface area contributed by atoms with Gasteiger partial charge in [0.15, 0.2) is 0 Å². The monoisotopic (exact) mass is 260 g/mol. The Hall–Kier alpha value is -1.69. The topological polar surface area (TPSA) is 62.6 Å². The molecule has 1 N–H and O–H groups in total. The summed E-state index contributed by atoms with van der Waals surface area (Å²) in [6.07, 6.45) is 5.85. The predicted octanol–water partition coefficient (Wildman–Crippen LogP) is 1.19. The van der Waals surface area contributed by atoms with Crippen LogP contribution in [-0.4, -0.2) is 49.5 Å². The van der Waals surface area contributed by atoms with Gasteiger partial charge < -0.3 is 4.90 Å². The van der Waals surface area contributed by atoms with Crippen molar-refractivity contribution < 1.29 is 0 Å². The Morgan fingerprint density at radius 1 is 1.42 bits per heavy atom. The lowest BCUT2D eigenvalue weighted by atomic mass is 9.95. The Balaban J connectivity index is 1.56. The first-order chi connectivity index (χ1) is 9.31. The van der Waals surface area contributed by atoms with Crippen molar-refractivity contribution in [2.75, 3.05) is 19.6 Å². The molecule has 0 bridgehead atoms. The van der Waals surface area contributed by atoms with Crippen LogP contribution in [0.2, 0.25) is 0 Å². The molecule has 1 aliphatic heterocycles. The van der Waals surface area contributed by atoms with Crippen molar-refractivity contribution in [3.8, 4) is 0 Å². The smallest absolute Gasteiger partial charge is 0.137 e. The third kappa shape index (κ3) is 3.01. The van der Waals surface area contributed by atoms with Crippen LogP contribution in [0.5, 0.6) is 0 Å². The Kier molecular flexibility index (Phi) is 3.59. The summed E-state index contributed by atoms with van der Waals surface area (Å²) in [7, 11) is 0. The van der Waals surface area contributed by atoms with Crippen LogP contribution >= 0.6 is 0 Å². The molecule has 6 heteroatoms. The van der Waals surface area contributed by atoms with Crippen molar-refractivity contribution in [2.45, 2.75) is 32.2 Å². The van der Waals surface area contributed by atoms with Gasteiger partial charge in [0.05, 0.1) is 12.2 Å². The summed E-state index contributed by atoms with van der Waals surface area (Å²) in [5.74, 6) is 0.564. The molecule has 1 aliphatic rings. The highest BCUT2D eigenvalue weighted by Crippen LogP contribution is 2.25. The van der Waals surface area contributed by atoms with E-state index in [-0.39, 0.29) is 0 Å². The van der Waals surface area contributed by atoms with Crippen LogP contribution in [0.4, 0.5) is 0 Å². The van der Waals surface area contributed by atoms with E-state index in [0.29, 0.717) is 5.92 Å². The first-order valence-electron chi connectivity index (χ1n) is 6.88. The molecule has 2 aromatic heterocycles. The lowest BCUT2D eigenvalue weighted by molar-refractivity contribution is 0.197. The van der Waals surface area contributed by atoms with E-state index < -0.39 is 0 Å². The molecule has 0 spiro atoms. The van der Waals surface area contributed by atoms with E-state index in [1.807, 2.05) is 4.68 Å². The van der Waals surface area contributed by atoms with Gasteiger partial charge in [-0.15, -0.1) is 0 Å². The lowest BCUT2D eigenvalue weighted by Gasteiger charge is -2.31. The van der Waals surface area contributed by atoms with Crippen LogP contribution in [-0.2, 0) is 6.54 Å². The number of piperidine rings is 1. The van der Waals surface area contributed by atoms with E-state index >= 15 is 0 Å². The number of aryl methyl sites for hydroxylation is 1. The normalized spacial score (nSPS) is 20.8. The van der Waals surface area contributed by atoms with E-state index in [0.717, 1.165) is 25.3 Å². The zero-order chi connectivity index (χ0) is 13.1. The number of H-pyrrole nitrogens is 1. The molecule has 3 heterocycles. The van der Waals surface area contributed by atoms with Crippen LogP contribution in [0.15, 0.2) is 18.7 Å². The maximum atomic E-state index is 4.40. The molecule has 3 rings (SSSR count). The Bertz CT molecular complexity index is 503. The summed E-state index contributed by atoms with van der Waals surface area (Å²) >= 11 is 0. The molecule has 102 valence electrons. The number of likely N-dealkylation sites (tertiary alicyclic amines) is 1. The lowest BCUT2D eigenvalue weighted by Crippen LogP contribution is -2.36. The van der Waals surface area contributed by atoms with Crippen molar-refractivity contribution >= 4 is 0 Å². The van der Waals surface area contributed by atoms with Gasteiger partial charge in [-0.05, 0) is 32.4 Å². The van der Waals surface area contributed by atoms with Gasteiger partial charge in [-0.2, -0.15) is 10.2 Å². The second-order valence-corrected chi connectivity index (χ2v) is 5.27. The van der Waals surface area contributed by atoms with Gasteiger partial charge in [-0.1, -0.05) is 0 Å². The summed E-state index contributed by atoms with van der Waals surface area (Å²) in [5.41, 5.74) is 2.36. The number of hydrogen-bond donors (Lipinski definition) is 1. The first-order valence-corrected chi connectivity index (χ1v) is 6.88. The average Bonchev–Trinajstić information content (AvgIpc) is 3.08.